The van der Waals surface area contributed by atoms with E-state index in [0.717, 1.165) is 12.2 Å². The second-order valence-electron chi connectivity index (χ2n) is 3.58. The highest BCUT2D eigenvalue weighted by molar-refractivity contribution is 6.46. The van der Waals surface area contributed by atoms with Gasteiger partial charge in [-0.1, -0.05) is 6.08 Å². The third-order valence-corrected chi connectivity index (χ3v) is 2.12. The zero-order valence-electron chi connectivity index (χ0n) is 9.10. The van der Waals surface area contributed by atoms with E-state index < -0.39 is 29.5 Å². The average molecular weight is 237 g/mol. The first-order valence-corrected chi connectivity index (χ1v) is 4.87. The maximum Gasteiger partial charge on any atom is 0.326 e. The van der Waals surface area contributed by atoms with Crippen molar-refractivity contribution in [1.82, 2.24) is 5.32 Å². The van der Waals surface area contributed by atoms with Crippen LogP contribution in [0.25, 0.3) is 0 Å². The summed E-state index contributed by atoms with van der Waals surface area (Å²) in [7, 11) is 0. The summed E-state index contributed by atoms with van der Waals surface area (Å²) in [5.41, 5.74) is 0.399. The molecule has 17 heavy (non-hydrogen) atoms. The molecule has 6 heteroatoms. The Morgan fingerprint density at radius 1 is 1.29 bits per heavy atom. The highest BCUT2D eigenvalue weighted by Crippen LogP contribution is 2.12. The average Bonchev–Trinajstić information content (AvgIpc) is 2.21. The summed E-state index contributed by atoms with van der Waals surface area (Å²) in [4.78, 5) is 43.6. The lowest BCUT2D eigenvalue weighted by Crippen LogP contribution is -2.39. The minimum Gasteiger partial charge on any atom is -0.480 e. The molecular formula is C11H11NO5. The smallest absolute Gasteiger partial charge is 0.326 e. The first-order chi connectivity index (χ1) is 7.90. The van der Waals surface area contributed by atoms with Gasteiger partial charge in [-0.25, -0.2) is 4.79 Å². The molecule has 0 bridgehead atoms. The maximum absolute atomic E-state index is 11.1. The Morgan fingerprint density at radius 3 is 2.41 bits per heavy atom. The van der Waals surface area contributed by atoms with Crippen LogP contribution >= 0.6 is 0 Å². The van der Waals surface area contributed by atoms with E-state index in [-0.39, 0.29) is 6.42 Å². The van der Waals surface area contributed by atoms with Gasteiger partial charge in [-0.05, 0) is 17.7 Å². The Bertz CT molecular complexity index is 447. The number of allylic oxidation sites excluding steroid dienone is 3. The lowest BCUT2D eigenvalue weighted by Gasteiger charge is -2.14. The molecule has 0 fully saturated rings. The van der Waals surface area contributed by atoms with Crippen molar-refractivity contribution in [1.29, 1.82) is 0 Å². The first kappa shape index (κ1) is 12.8. The molecule has 1 atom stereocenters. The second kappa shape index (κ2) is 5.20. The molecule has 0 aromatic rings. The van der Waals surface area contributed by atoms with Gasteiger partial charge in [-0.2, -0.15) is 0 Å². The van der Waals surface area contributed by atoms with E-state index >= 15 is 0 Å². The summed E-state index contributed by atoms with van der Waals surface area (Å²) in [5.74, 6) is -2.99. The molecule has 1 rings (SSSR count). The molecule has 0 heterocycles. The number of amides is 1. The summed E-state index contributed by atoms with van der Waals surface area (Å²) in [5, 5.41) is 11.1. The van der Waals surface area contributed by atoms with Gasteiger partial charge in [0.15, 0.2) is 0 Å². The van der Waals surface area contributed by atoms with Crippen molar-refractivity contribution >= 4 is 23.4 Å². The number of hydrogen-bond donors (Lipinski definition) is 2. The number of nitrogens with one attached hydrogen (secondary N) is 1. The molecule has 90 valence electrons. The fraction of sp³-hybridized carbons (Fsp3) is 0.273. The van der Waals surface area contributed by atoms with Crippen LogP contribution in [0.1, 0.15) is 13.3 Å². The molecule has 0 aliphatic heterocycles. The van der Waals surface area contributed by atoms with Crippen molar-refractivity contribution in [3.63, 3.8) is 0 Å². The first-order valence-electron chi connectivity index (χ1n) is 4.87. The van der Waals surface area contributed by atoms with E-state index in [9.17, 15) is 19.2 Å². The Labute approximate surface area is 97.0 Å². The monoisotopic (exact) mass is 237 g/mol. The molecule has 0 unspecified atom stereocenters. The van der Waals surface area contributed by atoms with E-state index in [1.165, 1.54) is 13.0 Å². The number of carboxylic acid groups (broad SMARTS) is 1. The molecule has 6 nitrogen and oxygen atoms in total. The molecule has 0 saturated carbocycles. The number of ketones is 2. The molecule has 0 spiro atoms. The summed E-state index contributed by atoms with van der Waals surface area (Å²) < 4.78 is 0. The van der Waals surface area contributed by atoms with E-state index in [0.29, 0.717) is 5.57 Å². The minimum absolute atomic E-state index is 0.0373. The molecule has 1 amide bonds. The summed E-state index contributed by atoms with van der Waals surface area (Å²) in [6.07, 6.45) is 3.51. The highest BCUT2D eigenvalue weighted by Gasteiger charge is 2.22. The number of carbonyl (C=O) groups excluding carboxylic acids is 3. The predicted octanol–water partition coefficient (Wildman–Crippen LogP) is -0.400. The van der Waals surface area contributed by atoms with Gasteiger partial charge in [-0.3, -0.25) is 14.4 Å². The molecule has 0 saturated heterocycles. The lowest BCUT2D eigenvalue weighted by molar-refractivity contribution is -0.141. The third-order valence-electron chi connectivity index (χ3n) is 2.12. The van der Waals surface area contributed by atoms with Gasteiger partial charge in [0, 0.05) is 13.3 Å². The van der Waals surface area contributed by atoms with Crippen molar-refractivity contribution in [3.8, 4) is 0 Å². The fourth-order valence-corrected chi connectivity index (χ4v) is 1.36. The maximum atomic E-state index is 11.1. The number of rotatable bonds is 4. The molecule has 0 aromatic heterocycles. The molecule has 2 N–H and O–H groups in total. The van der Waals surface area contributed by atoms with Crippen LogP contribution in [0.15, 0.2) is 23.8 Å². The van der Waals surface area contributed by atoms with Crippen LogP contribution in [0.5, 0.6) is 0 Å². The topological polar surface area (TPSA) is 101 Å². The van der Waals surface area contributed by atoms with Crippen LogP contribution in [0.2, 0.25) is 0 Å². The standard InChI is InChI=1S/C11H11NO5/c1-6(13)12-8(11(16)17)4-7-2-3-9(14)10(15)5-7/h2-3,5,8H,4H2,1H3,(H,12,13)(H,16,17)/t8-/m0/s1. The van der Waals surface area contributed by atoms with Gasteiger partial charge in [0.1, 0.15) is 6.04 Å². The summed E-state index contributed by atoms with van der Waals surface area (Å²) in [6, 6.07) is -1.11. The van der Waals surface area contributed by atoms with Gasteiger partial charge < -0.3 is 10.4 Å². The van der Waals surface area contributed by atoms with Crippen LogP contribution < -0.4 is 5.32 Å². The normalized spacial score (nSPS) is 16.4. The van der Waals surface area contributed by atoms with Crippen molar-refractivity contribution in [2.75, 3.05) is 0 Å². The predicted molar refractivity (Wildman–Crippen MR) is 57.1 cm³/mol. The van der Waals surface area contributed by atoms with Crippen molar-refractivity contribution < 1.29 is 24.3 Å². The number of aliphatic carboxylic acids is 1. The zero-order chi connectivity index (χ0) is 13.0. The van der Waals surface area contributed by atoms with Crippen LogP contribution in [0, 0.1) is 0 Å². The second-order valence-corrected chi connectivity index (χ2v) is 3.58. The van der Waals surface area contributed by atoms with Crippen molar-refractivity contribution in [3.05, 3.63) is 23.8 Å². The van der Waals surface area contributed by atoms with Crippen LogP contribution in [-0.2, 0) is 19.2 Å². The molecule has 0 radical (unpaired) electrons. The van der Waals surface area contributed by atoms with Crippen LogP contribution in [0.3, 0.4) is 0 Å². The molecule has 0 aromatic carbocycles. The van der Waals surface area contributed by atoms with Crippen molar-refractivity contribution in [2.24, 2.45) is 0 Å². The zero-order valence-corrected chi connectivity index (χ0v) is 9.10. The van der Waals surface area contributed by atoms with Crippen LogP contribution in [-0.4, -0.2) is 34.6 Å². The number of carbonyl (C=O) groups is 4. The van der Waals surface area contributed by atoms with Gasteiger partial charge >= 0.3 is 5.97 Å². The van der Waals surface area contributed by atoms with Gasteiger partial charge in [-0.15, -0.1) is 0 Å². The Balaban J connectivity index is 2.75. The van der Waals surface area contributed by atoms with Gasteiger partial charge in [0.05, 0.1) is 0 Å². The Hall–Kier alpha value is -2.24. The van der Waals surface area contributed by atoms with Gasteiger partial charge in [0.2, 0.25) is 17.5 Å². The lowest BCUT2D eigenvalue weighted by atomic mass is 9.99. The molecule has 1 aliphatic carbocycles. The fourth-order valence-electron chi connectivity index (χ4n) is 1.36. The van der Waals surface area contributed by atoms with E-state index in [1.807, 2.05) is 0 Å². The van der Waals surface area contributed by atoms with E-state index in [4.69, 9.17) is 5.11 Å². The van der Waals surface area contributed by atoms with Crippen molar-refractivity contribution in [2.45, 2.75) is 19.4 Å². The van der Waals surface area contributed by atoms with E-state index in [1.54, 1.807) is 0 Å². The van der Waals surface area contributed by atoms with Crippen LogP contribution in [0.4, 0.5) is 0 Å². The third kappa shape index (κ3) is 3.67. The highest BCUT2D eigenvalue weighted by atomic mass is 16.4. The Kier molecular flexibility index (Phi) is 3.92. The summed E-state index contributed by atoms with van der Waals surface area (Å²) >= 11 is 0. The van der Waals surface area contributed by atoms with E-state index in [2.05, 4.69) is 5.32 Å². The van der Waals surface area contributed by atoms with Gasteiger partial charge in [0.25, 0.3) is 0 Å². The molecular weight excluding hydrogens is 226 g/mol. The minimum atomic E-state index is -1.20. The Morgan fingerprint density at radius 2 is 1.94 bits per heavy atom. The summed E-state index contributed by atoms with van der Waals surface area (Å²) in [6.45, 7) is 1.20. The number of carboxylic acids is 1. The molecule has 1 aliphatic rings. The quantitative estimate of drug-likeness (QED) is 0.512. The largest absolute Gasteiger partial charge is 0.480 e. The number of hydrogen-bond acceptors (Lipinski definition) is 4. The SMILES string of the molecule is CC(=O)N[C@@H](CC1=CC(=O)C(=O)C=C1)C(=O)O.